The zero-order chi connectivity index (χ0) is 34.9. The van der Waals surface area contributed by atoms with Crippen LogP contribution in [0, 0.1) is 5.92 Å². The standard InChI is InChI=1S/C39H44N8O4/c40-21-26(22-41-32-23-42-38-30(32)20-31(44-45-38)29-4-1-2-7-35(29)48)24-14-16-46(17-15-24)27-10-8-25(9-11-27)28-5-3-6-33-37(28)51-19-18-47(33)34-12-13-36(49)43-39(34)50/h1-7,20-25,27,34,48H,8-19,40H2,(H,42,45)(H,43,49,50)/b26-21+,41-22?. The van der Waals surface area contributed by atoms with Crippen molar-refractivity contribution in [2.24, 2.45) is 16.6 Å². The first-order chi connectivity index (χ1) is 25.0. The zero-order valence-electron chi connectivity index (χ0n) is 28.6. The fraction of sp³-hybridized carbons (Fsp3) is 0.410. The van der Waals surface area contributed by atoms with E-state index in [-0.39, 0.29) is 23.6 Å². The smallest absolute Gasteiger partial charge is 0.249 e. The van der Waals surface area contributed by atoms with Crippen molar-refractivity contribution in [2.75, 3.05) is 31.1 Å². The number of carbonyl (C=O) groups excluding carboxylic acids is 2. The van der Waals surface area contributed by atoms with Crippen LogP contribution in [0.5, 0.6) is 11.5 Å². The average molecular weight is 689 g/mol. The zero-order valence-corrected chi connectivity index (χ0v) is 28.6. The Kier molecular flexibility index (Phi) is 9.16. The van der Waals surface area contributed by atoms with Crippen molar-refractivity contribution in [3.05, 3.63) is 72.1 Å². The maximum Gasteiger partial charge on any atom is 0.249 e. The third kappa shape index (κ3) is 6.56. The van der Waals surface area contributed by atoms with Crippen LogP contribution < -0.4 is 20.7 Å². The normalized spacial score (nSPS) is 23.7. The van der Waals surface area contributed by atoms with Crippen molar-refractivity contribution in [3.8, 4) is 22.8 Å². The number of aromatic amines is 1. The van der Waals surface area contributed by atoms with E-state index in [0.29, 0.717) is 60.8 Å². The highest BCUT2D eigenvalue weighted by Gasteiger charge is 2.37. The van der Waals surface area contributed by atoms with Crippen LogP contribution in [0.3, 0.4) is 0 Å². The molecule has 5 heterocycles. The van der Waals surface area contributed by atoms with E-state index >= 15 is 0 Å². The molecule has 4 aromatic rings. The highest BCUT2D eigenvalue weighted by Crippen LogP contribution is 2.45. The van der Waals surface area contributed by atoms with E-state index < -0.39 is 0 Å². The summed E-state index contributed by atoms with van der Waals surface area (Å²) >= 11 is 0. The predicted molar refractivity (Wildman–Crippen MR) is 196 cm³/mol. The summed E-state index contributed by atoms with van der Waals surface area (Å²) in [5.41, 5.74) is 12.0. The molecule has 4 aliphatic rings. The number of hydrogen-bond donors (Lipinski definition) is 4. The number of aromatic hydroxyl groups is 1. The van der Waals surface area contributed by atoms with Gasteiger partial charge in [0, 0.05) is 35.8 Å². The van der Waals surface area contributed by atoms with Gasteiger partial charge in [0.25, 0.3) is 0 Å². The lowest BCUT2D eigenvalue weighted by Gasteiger charge is -2.42. The summed E-state index contributed by atoms with van der Waals surface area (Å²) in [7, 11) is 0. The first-order valence-electron chi connectivity index (χ1n) is 18.2. The molecule has 8 rings (SSSR count). The van der Waals surface area contributed by atoms with Gasteiger partial charge in [0.2, 0.25) is 11.8 Å². The van der Waals surface area contributed by atoms with Crippen LogP contribution in [0.25, 0.3) is 22.3 Å². The Morgan fingerprint density at radius 1 is 0.980 bits per heavy atom. The minimum atomic E-state index is -0.340. The molecule has 12 nitrogen and oxygen atoms in total. The number of hydrogen-bond acceptors (Lipinski definition) is 10. The topological polar surface area (TPSA) is 162 Å². The van der Waals surface area contributed by atoms with Gasteiger partial charge in [-0.05, 0) is 111 Å². The van der Waals surface area contributed by atoms with E-state index in [1.807, 2.05) is 30.6 Å². The fourth-order valence-electron chi connectivity index (χ4n) is 8.53. The lowest BCUT2D eigenvalue weighted by Crippen LogP contribution is -2.54. The van der Waals surface area contributed by atoms with Gasteiger partial charge in [-0.1, -0.05) is 24.3 Å². The van der Waals surface area contributed by atoms with Gasteiger partial charge in [-0.15, -0.1) is 10.2 Å². The predicted octanol–water partition coefficient (Wildman–Crippen LogP) is 5.32. The number of likely N-dealkylation sites (tertiary alicyclic amines) is 1. The molecule has 51 heavy (non-hydrogen) atoms. The molecule has 2 amide bonds. The number of nitrogens with zero attached hydrogens (tertiary/aromatic N) is 5. The Morgan fingerprint density at radius 2 is 1.80 bits per heavy atom. The minimum absolute atomic E-state index is 0.156. The number of rotatable bonds is 7. The highest BCUT2D eigenvalue weighted by atomic mass is 16.5. The summed E-state index contributed by atoms with van der Waals surface area (Å²) in [5.74, 6) is 1.43. The van der Waals surface area contributed by atoms with Crippen LogP contribution in [0.2, 0.25) is 0 Å². The minimum Gasteiger partial charge on any atom is -0.507 e. The molecule has 2 aromatic heterocycles. The second-order valence-electron chi connectivity index (χ2n) is 14.1. The van der Waals surface area contributed by atoms with Gasteiger partial charge in [0.05, 0.1) is 23.6 Å². The summed E-state index contributed by atoms with van der Waals surface area (Å²) < 4.78 is 6.27. The van der Waals surface area contributed by atoms with E-state index in [1.165, 1.54) is 5.56 Å². The van der Waals surface area contributed by atoms with Crippen LogP contribution in [-0.2, 0) is 9.59 Å². The number of phenolic OH excluding ortho intramolecular Hbond substituents is 1. The van der Waals surface area contributed by atoms with Gasteiger partial charge in [0.15, 0.2) is 5.65 Å². The number of fused-ring (bicyclic) bond motifs is 2. The molecule has 12 heteroatoms. The Hall–Kier alpha value is -5.23. The number of para-hydroxylation sites is 2. The lowest BCUT2D eigenvalue weighted by atomic mass is 9.79. The van der Waals surface area contributed by atoms with Crippen LogP contribution >= 0.6 is 0 Å². The second kappa shape index (κ2) is 14.2. The number of aliphatic imine (C=N–C) groups is 1. The molecule has 2 saturated heterocycles. The lowest BCUT2D eigenvalue weighted by molar-refractivity contribution is -0.134. The van der Waals surface area contributed by atoms with Crippen molar-refractivity contribution >= 4 is 40.4 Å². The van der Waals surface area contributed by atoms with Gasteiger partial charge in [-0.3, -0.25) is 19.9 Å². The molecule has 2 aromatic carbocycles. The highest BCUT2D eigenvalue weighted by molar-refractivity contribution is 6.02. The van der Waals surface area contributed by atoms with Crippen molar-refractivity contribution < 1.29 is 19.4 Å². The number of carbonyl (C=O) groups is 2. The number of H-pyrrole nitrogens is 1. The monoisotopic (exact) mass is 688 g/mol. The first kappa shape index (κ1) is 32.9. The number of anilines is 1. The number of nitrogens with two attached hydrogens (primary N) is 1. The van der Waals surface area contributed by atoms with Crippen molar-refractivity contribution in [1.82, 2.24) is 25.4 Å². The number of ether oxygens (including phenoxy) is 1. The molecule has 1 aliphatic carbocycles. The van der Waals surface area contributed by atoms with Crippen molar-refractivity contribution in [1.29, 1.82) is 0 Å². The number of allylic oxidation sites excluding steroid dienone is 1. The summed E-state index contributed by atoms with van der Waals surface area (Å²) in [6, 6.07) is 15.6. The van der Waals surface area contributed by atoms with Crippen LogP contribution in [0.4, 0.5) is 11.4 Å². The Balaban J connectivity index is 0.876. The molecule has 0 bridgehead atoms. The number of amides is 2. The molecule has 1 atom stereocenters. The molecule has 1 saturated carbocycles. The molecule has 264 valence electrons. The SMILES string of the molecule is N/C=C(\C=Nc1c[nH]c2nnc(-c3ccccc3O)cc12)C1CCN(C2CCC(c3cccc4c3OCCN4C3CCC(=O)NC3=O)CC2)CC1. The van der Waals surface area contributed by atoms with E-state index in [4.69, 9.17) is 15.5 Å². The molecule has 5 N–H and O–H groups in total. The van der Waals surface area contributed by atoms with Gasteiger partial charge in [-0.25, -0.2) is 0 Å². The van der Waals surface area contributed by atoms with Gasteiger partial charge in [0.1, 0.15) is 24.1 Å². The largest absolute Gasteiger partial charge is 0.507 e. The summed E-state index contributed by atoms with van der Waals surface area (Å²) in [6.45, 7) is 3.23. The van der Waals surface area contributed by atoms with Crippen molar-refractivity contribution in [3.63, 3.8) is 0 Å². The van der Waals surface area contributed by atoms with Gasteiger partial charge < -0.3 is 30.4 Å². The number of piperidine rings is 2. The number of benzene rings is 2. The van der Waals surface area contributed by atoms with E-state index in [0.717, 1.165) is 79.7 Å². The Bertz CT molecular complexity index is 1990. The third-order valence-electron chi connectivity index (χ3n) is 11.3. The molecule has 3 fully saturated rings. The third-order valence-corrected chi connectivity index (χ3v) is 11.3. The summed E-state index contributed by atoms with van der Waals surface area (Å²) in [4.78, 5) is 37.2. The number of nitrogens with one attached hydrogen (secondary N) is 2. The summed E-state index contributed by atoms with van der Waals surface area (Å²) in [5, 5.41) is 22.3. The summed E-state index contributed by atoms with van der Waals surface area (Å²) in [6.07, 6.45) is 12.9. The quantitative estimate of drug-likeness (QED) is 0.149. The molecular weight excluding hydrogens is 644 g/mol. The molecule has 1 unspecified atom stereocenters. The number of phenols is 1. The number of imide groups is 1. The van der Waals surface area contributed by atoms with Crippen molar-refractivity contribution in [2.45, 2.75) is 69.4 Å². The average Bonchev–Trinajstić information content (AvgIpc) is 3.57. The molecule has 3 aliphatic heterocycles. The Morgan fingerprint density at radius 3 is 2.59 bits per heavy atom. The number of aromatic nitrogens is 3. The van der Waals surface area contributed by atoms with Crippen LogP contribution in [-0.4, -0.2) is 81.5 Å². The van der Waals surface area contributed by atoms with E-state index in [9.17, 15) is 14.7 Å². The maximum absolute atomic E-state index is 12.7. The van der Waals surface area contributed by atoms with Crippen LogP contribution in [0.1, 0.15) is 62.8 Å². The van der Waals surface area contributed by atoms with Gasteiger partial charge in [-0.2, -0.15) is 0 Å². The van der Waals surface area contributed by atoms with Gasteiger partial charge >= 0.3 is 0 Å². The van der Waals surface area contributed by atoms with E-state index in [1.54, 1.807) is 18.3 Å². The fourth-order valence-corrected chi connectivity index (χ4v) is 8.53. The first-order valence-corrected chi connectivity index (χ1v) is 18.2. The molecule has 0 radical (unpaired) electrons. The second-order valence-corrected chi connectivity index (χ2v) is 14.1. The molecular formula is C39H44N8O4. The Labute approximate surface area is 296 Å². The maximum atomic E-state index is 12.7. The van der Waals surface area contributed by atoms with Crippen LogP contribution in [0.15, 0.2) is 71.5 Å². The molecule has 0 spiro atoms. The van der Waals surface area contributed by atoms with E-state index in [2.05, 4.69) is 48.5 Å².